The van der Waals surface area contributed by atoms with Gasteiger partial charge in [-0.15, -0.1) is 0 Å². The molecule has 3 rings (SSSR count). The zero-order chi connectivity index (χ0) is 16.6. The second-order valence-corrected chi connectivity index (χ2v) is 7.47. The van der Waals surface area contributed by atoms with Crippen LogP contribution in [0.15, 0.2) is 6.07 Å². The zero-order valence-electron chi connectivity index (χ0n) is 15.1. The Hall–Kier alpha value is -1.19. The van der Waals surface area contributed by atoms with E-state index >= 15 is 0 Å². The van der Waals surface area contributed by atoms with Gasteiger partial charge in [0.1, 0.15) is 0 Å². The highest BCUT2D eigenvalue weighted by atomic mass is 16.1. The van der Waals surface area contributed by atoms with Gasteiger partial charge in [-0.05, 0) is 82.3 Å². The van der Waals surface area contributed by atoms with Crippen LogP contribution in [0.5, 0.6) is 0 Å². The van der Waals surface area contributed by atoms with Crippen LogP contribution in [0.1, 0.15) is 58.8 Å². The zero-order valence-corrected chi connectivity index (χ0v) is 15.1. The van der Waals surface area contributed by atoms with Gasteiger partial charge in [0.05, 0.1) is 0 Å². The molecular formula is C20H30N2O. The van der Waals surface area contributed by atoms with Crippen LogP contribution in [-0.2, 0) is 6.54 Å². The number of carbonyl (C=O) groups excluding carboxylic acids is 1. The molecule has 0 saturated carbocycles. The van der Waals surface area contributed by atoms with Gasteiger partial charge < -0.3 is 0 Å². The van der Waals surface area contributed by atoms with Crippen LogP contribution in [0, 0.1) is 20.8 Å². The monoisotopic (exact) mass is 314 g/mol. The molecular weight excluding hydrogens is 284 g/mol. The lowest BCUT2D eigenvalue weighted by Gasteiger charge is -2.25. The first kappa shape index (κ1) is 16.7. The minimum absolute atomic E-state index is 0.192. The third kappa shape index (κ3) is 3.36. The van der Waals surface area contributed by atoms with E-state index in [9.17, 15) is 4.79 Å². The molecule has 0 aromatic heterocycles. The molecule has 2 heterocycles. The fourth-order valence-electron chi connectivity index (χ4n) is 4.60. The van der Waals surface area contributed by atoms with Crippen LogP contribution < -0.4 is 0 Å². The fraction of sp³-hybridized carbons (Fsp3) is 0.650. The number of benzene rings is 1. The molecule has 1 atom stereocenters. The summed E-state index contributed by atoms with van der Waals surface area (Å²) >= 11 is 0. The molecule has 0 N–H and O–H groups in total. The number of nitrogens with zero attached hydrogens (tertiary/aromatic N) is 2. The van der Waals surface area contributed by atoms with E-state index < -0.39 is 0 Å². The summed E-state index contributed by atoms with van der Waals surface area (Å²) < 4.78 is 0. The average molecular weight is 314 g/mol. The Morgan fingerprint density at radius 1 is 1.13 bits per heavy atom. The molecule has 3 nitrogen and oxygen atoms in total. The smallest absolute Gasteiger partial charge is 0.160 e. The summed E-state index contributed by atoms with van der Waals surface area (Å²) in [5.74, 6) is 0.192. The van der Waals surface area contributed by atoms with Crippen molar-refractivity contribution in [2.75, 3.05) is 26.2 Å². The molecule has 2 fully saturated rings. The quantitative estimate of drug-likeness (QED) is 0.795. The van der Waals surface area contributed by atoms with Gasteiger partial charge in [-0.2, -0.15) is 0 Å². The Kier molecular flexibility index (Phi) is 4.88. The molecule has 2 aliphatic rings. The third-order valence-corrected chi connectivity index (χ3v) is 5.77. The summed E-state index contributed by atoms with van der Waals surface area (Å²) in [5.41, 5.74) is 5.94. The first-order valence-corrected chi connectivity index (χ1v) is 9.04. The van der Waals surface area contributed by atoms with Crippen molar-refractivity contribution in [3.8, 4) is 0 Å². The number of Topliss-reactive ketones (excluding diaryl/α,β-unsaturated/α-hetero) is 1. The van der Waals surface area contributed by atoms with Crippen molar-refractivity contribution < 1.29 is 4.79 Å². The summed E-state index contributed by atoms with van der Waals surface area (Å²) in [5, 5.41) is 0. The summed E-state index contributed by atoms with van der Waals surface area (Å²) in [6, 6.07) is 2.93. The highest BCUT2D eigenvalue weighted by Crippen LogP contribution is 2.27. The van der Waals surface area contributed by atoms with E-state index in [1.807, 2.05) is 0 Å². The first-order chi connectivity index (χ1) is 11.0. The van der Waals surface area contributed by atoms with Crippen molar-refractivity contribution in [2.45, 2.75) is 59.5 Å². The van der Waals surface area contributed by atoms with Crippen LogP contribution in [0.25, 0.3) is 0 Å². The van der Waals surface area contributed by atoms with E-state index in [-0.39, 0.29) is 5.78 Å². The molecule has 2 saturated heterocycles. The molecule has 3 heteroatoms. The maximum Gasteiger partial charge on any atom is 0.160 e. The van der Waals surface area contributed by atoms with Gasteiger partial charge in [0.2, 0.25) is 0 Å². The lowest BCUT2D eigenvalue weighted by atomic mass is 9.91. The fourth-order valence-corrected chi connectivity index (χ4v) is 4.60. The maximum atomic E-state index is 12.0. The van der Waals surface area contributed by atoms with Crippen LogP contribution in [0.2, 0.25) is 0 Å². The SMILES string of the molecule is CC(=O)c1c(C)cc(C)c(CN2CC[C@@H](N3CCCC3)C2)c1C. The molecule has 2 aliphatic heterocycles. The lowest BCUT2D eigenvalue weighted by molar-refractivity contribution is 0.101. The number of carbonyl (C=O) groups is 1. The van der Waals surface area contributed by atoms with E-state index in [1.54, 1.807) is 6.92 Å². The predicted octanol–water partition coefficient (Wildman–Crippen LogP) is 3.48. The van der Waals surface area contributed by atoms with Gasteiger partial charge >= 0.3 is 0 Å². The number of hydrogen-bond donors (Lipinski definition) is 0. The van der Waals surface area contributed by atoms with Gasteiger partial charge in [0.15, 0.2) is 5.78 Å². The number of likely N-dealkylation sites (tertiary alicyclic amines) is 2. The normalized spacial score (nSPS) is 22.9. The van der Waals surface area contributed by atoms with Gasteiger partial charge in [0, 0.05) is 31.2 Å². The Bertz CT molecular complexity index is 602. The number of aryl methyl sites for hydroxylation is 2. The van der Waals surface area contributed by atoms with Crippen LogP contribution >= 0.6 is 0 Å². The summed E-state index contributed by atoms with van der Waals surface area (Å²) in [6.45, 7) is 14.0. The molecule has 0 radical (unpaired) electrons. The van der Waals surface area contributed by atoms with E-state index in [0.29, 0.717) is 0 Å². The predicted molar refractivity (Wildman–Crippen MR) is 95.1 cm³/mol. The van der Waals surface area contributed by atoms with E-state index in [0.717, 1.165) is 23.7 Å². The second kappa shape index (κ2) is 6.74. The number of ketones is 1. The Morgan fingerprint density at radius 2 is 1.83 bits per heavy atom. The Morgan fingerprint density at radius 3 is 2.48 bits per heavy atom. The largest absolute Gasteiger partial charge is 0.299 e. The molecule has 0 spiro atoms. The van der Waals surface area contributed by atoms with Crippen molar-refractivity contribution in [2.24, 2.45) is 0 Å². The Balaban J connectivity index is 1.75. The molecule has 1 aromatic carbocycles. The van der Waals surface area contributed by atoms with Crippen LogP contribution in [-0.4, -0.2) is 47.8 Å². The van der Waals surface area contributed by atoms with Gasteiger partial charge in [-0.3, -0.25) is 14.6 Å². The van der Waals surface area contributed by atoms with Crippen LogP contribution in [0.4, 0.5) is 0 Å². The van der Waals surface area contributed by atoms with E-state index in [1.165, 1.54) is 62.1 Å². The minimum atomic E-state index is 0.192. The minimum Gasteiger partial charge on any atom is -0.299 e. The number of rotatable bonds is 4. The molecule has 126 valence electrons. The van der Waals surface area contributed by atoms with Crippen molar-refractivity contribution in [3.05, 3.63) is 33.9 Å². The highest BCUT2D eigenvalue weighted by molar-refractivity contribution is 5.97. The van der Waals surface area contributed by atoms with Gasteiger partial charge in [-0.1, -0.05) is 6.07 Å². The average Bonchev–Trinajstić information content (AvgIpc) is 3.13. The Labute approximate surface area is 140 Å². The molecule has 0 amide bonds. The lowest BCUT2D eigenvalue weighted by Crippen LogP contribution is -2.35. The second-order valence-electron chi connectivity index (χ2n) is 7.47. The first-order valence-electron chi connectivity index (χ1n) is 9.04. The van der Waals surface area contributed by atoms with Crippen molar-refractivity contribution >= 4 is 5.78 Å². The maximum absolute atomic E-state index is 12.0. The number of hydrogen-bond acceptors (Lipinski definition) is 3. The molecule has 0 unspecified atom stereocenters. The highest BCUT2D eigenvalue weighted by Gasteiger charge is 2.29. The van der Waals surface area contributed by atoms with Crippen molar-refractivity contribution in [1.29, 1.82) is 0 Å². The van der Waals surface area contributed by atoms with Crippen molar-refractivity contribution in [3.63, 3.8) is 0 Å². The summed E-state index contributed by atoms with van der Waals surface area (Å²) in [6.07, 6.45) is 4.03. The van der Waals surface area contributed by atoms with E-state index in [4.69, 9.17) is 0 Å². The summed E-state index contributed by atoms with van der Waals surface area (Å²) in [7, 11) is 0. The van der Waals surface area contributed by atoms with Gasteiger partial charge in [-0.25, -0.2) is 0 Å². The topological polar surface area (TPSA) is 23.6 Å². The summed E-state index contributed by atoms with van der Waals surface area (Å²) in [4.78, 5) is 17.3. The van der Waals surface area contributed by atoms with Crippen molar-refractivity contribution in [1.82, 2.24) is 9.80 Å². The van der Waals surface area contributed by atoms with E-state index in [2.05, 4.69) is 36.6 Å². The molecule has 0 aliphatic carbocycles. The standard InChI is InChI=1S/C20H30N2O/c1-14-11-15(2)20(17(4)23)16(3)19(14)13-21-10-7-18(12-21)22-8-5-6-9-22/h11,18H,5-10,12-13H2,1-4H3/t18-/m1/s1. The molecule has 23 heavy (non-hydrogen) atoms. The molecule has 1 aromatic rings. The molecule has 0 bridgehead atoms. The van der Waals surface area contributed by atoms with Crippen LogP contribution in [0.3, 0.4) is 0 Å². The third-order valence-electron chi connectivity index (χ3n) is 5.77. The van der Waals surface area contributed by atoms with Gasteiger partial charge in [0.25, 0.3) is 0 Å².